The number of benzene rings is 2. The Labute approximate surface area is 175 Å². The molecule has 0 aliphatic heterocycles. The lowest BCUT2D eigenvalue weighted by atomic mass is 10.3. The van der Waals surface area contributed by atoms with Crippen LogP contribution in [0.4, 0.5) is 0 Å². The zero-order valence-corrected chi connectivity index (χ0v) is 17.2. The van der Waals surface area contributed by atoms with Crippen molar-refractivity contribution in [3.8, 4) is 11.5 Å². The Morgan fingerprint density at radius 3 is 1.40 bits per heavy atom. The highest BCUT2D eigenvalue weighted by Crippen LogP contribution is 2.22. The lowest BCUT2D eigenvalue weighted by Gasteiger charge is -2.06. The number of hydrogen-bond donors (Lipinski definition) is 0. The molecule has 0 amide bonds. The van der Waals surface area contributed by atoms with E-state index in [1.165, 1.54) is 0 Å². The summed E-state index contributed by atoms with van der Waals surface area (Å²) in [4.78, 5) is 21.9. The second kappa shape index (κ2) is 12.2. The Kier molecular flexibility index (Phi) is 9.28. The van der Waals surface area contributed by atoms with Crippen molar-refractivity contribution >= 4 is 30.3 Å². The summed E-state index contributed by atoms with van der Waals surface area (Å²) in [6.45, 7) is 7.27. The van der Waals surface area contributed by atoms with Gasteiger partial charge in [0.25, 0.3) is 0 Å². The van der Waals surface area contributed by atoms with Gasteiger partial charge in [-0.1, -0.05) is 17.7 Å². The number of ether oxygens (including phenoxy) is 4. The van der Waals surface area contributed by atoms with E-state index in [4.69, 9.17) is 18.9 Å². The molecule has 0 atom stereocenters. The van der Waals surface area contributed by atoms with E-state index >= 15 is 0 Å². The molecular weight excluding hydrogens is 407 g/mol. The van der Waals surface area contributed by atoms with Crippen molar-refractivity contribution in [1.29, 1.82) is 0 Å². The number of carbonyl (C=O) groups excluding carboxylic acids is 2. The van der Waals surface area contributed by atoms with Crippen molar-refractivity contribution in [2.24, 2.45) is 0 Å². The molecule has 0 saturated heterocycles. The summed E-state index contributed by atoms with van der Waals surface area (Å²) in [7, 11) is -1.77. The third kappa shape index (κ3) is 7.53. The Morgan fingerprint density at radius 1 is 0.700 bits per heavy atom. The predicted molar refractivity (Wildman–Crippen MR) is 113 cm³/mol. The first-order chi connectivity index (χ1) is 14.5. The molecule has 0 N–H and O–H groups in total. The molecule has 0 saturated carbocycles. The minimum absolute atomic E-state index is 0.117. The molecule has 2 aromatic carbocycles. The summed E-state index contributed by atoms with van der Waals surface area (Å²) in [5.41, 5.74) is 0. The molecule has 8 heteroatoms. The SMILES string of the molecule is C=CC(=O)OCCOc1ccc([P+](=O)c2ccc(OCCOC(=O)C=C)cc2)cc1. The quantitative estimate of drug-likeness (QED) is 0.222. The molecule has 0 aliphatic rings. The molecule has 0 aliphatic carbocycles. The zero-order valence-electron chi connectivity index (χ0n) is 16.3. The first-order valence-electron chi connectivity index (χ1n) is 9.05. The maximum atomic E-state index is 12.7. The summed E-state index contributed by atoms with van der Waals surface area (Å²) in [5.74, 6) is 0.160. The maximum Gasteiger partial charge on any atom is 0.415 e. The Balaban J connectivity index is 1.82. The topological polar surface area (TPSA) is 88.1 Å². The summed E-state index contributed by atoms with van der Waals surface area (Å²) in [6, 6.07) is 13.7. The summed E-state index contributed by atoms with van der Waals surface area (Å²) < 4.78 is 33.3. The van der Waals surface area contributed by atoms with Crippen LogP contribution in [0.1, 0.15) is 0 Å². The van der Waals surface area contributed by atoms with Gasteiger partial charge in [-0.3, -0.25) is 0 Å². The largest absolute Gasteiger partial charge is 0.490 e. The van der Waals surface area contributed by atoms with Crippen molar-refractivity contribution in [3.63, 3.8) is 0 Å². The normalized spacial score (nSPS) is 9.87. The summed E-state index contributed by atoms with van der Waals surface area (Å²) in [5, 5.41) is 1.31. The first-order valence-corrected chi connectivity index (χ1v) is 10.3. The maximum absolute atomic E-state index is 12.7. The second-order valence-electron chi connectivity index (χ2n) is 5.72. The molecule has 2 aromatic rings. The van der Waals surface area contributed by atoms with Crippen LogP contribution in [-0.4, -0.2) is 38.4 Å². The molecule has 0 aromatic heterocycles. The molecule has 0 unspecified atom stereocenters. The van der Waals surface area contributed by atoms with E-state index in [9.17, 15) is 14.2 Å². The fourth-order valence-corrected chi connectivity index (χ4v) is 3.36. The van der Waals surface area contributed by atoms with E-state index in [1.54, 1.807) is 48.5 Å². The third-order valence-corrected chi connectivity index (χ3v) is 5.20. The standard InChI is InChI=1S/C22H22O7P/c1-3-21(23)28-15-13-26-17-5-9-19(10-6-17)30(25)20-11-7-18(8-12-20)27-14-16-29-22(24)4-2/h3-12H,1-2,13-16H2/q+1. The number of esters is 2. The lowest BCUT2D eigenvalue weighted by Crippen LogP contribution is -2.11. The highest BCUT2D eigenvalue weighted by Gasteiger charge is 2.23. The fourth-order valence-electron chi connectivity index (χ4n) is 2.23. The van der Waals surface area contributed by atoms with Gasteiger partial charge in [0.2, 0.25) is 0 Å². The number of rotatable bonds is 12. The van der Waals surface area contributed by atoms with Crippen molar-refractivity contribution in [1.82, 2.24) is 0 Å². The van der Waals surface area contributed by atoms with Gasteiger partial charge in [0.15, 0.2) is 10.6 Å². The minimum atomic E-state index is -1.77. The smallest absolute Gasteiger partial charge is 0.415 e. The van der Waals surface area contributed by atoms with Crippen molar-refractivity contribution in [2.75, 3.05) is 26.4 Å². The fraction of sp³-hybridized carbons (Fsp3) is 0.182. The van der Waals surface area contributed by atoms with Crippen molar-refractivity contribution < 1.29 is 33.1 Å². The minimum Gasteiger partial charge on any atom is -0.490 e. The molecule has 0 heterocycles. The van der Waals surface area contributed by atoms with Crippen LogP contribution in [0.5, 0.6) is 11.5 Å². The average molecular weight is 429 g/mol. The van der Waals surface area contributed by atoms with Crippen LogP contribution in [0.2, 0.25) is 0 Å². The number of carbonyl (C=O) groups is 2. The van der Waals surface area contributed by atoms with E-state index < -0.39 is 19.7 Å². The highest BCUT2D eigenvalue weighted by molar-refractivity contribution is 7.61. The van der Waals surface area contributed by atoms with Gasteiger partial charge >= 0.3 is 19.7 Å². The molecule has 0 spiro atoms. The lowest BCUT2D eigenvalue weighted by molar-refractivity contribution is -0.139. The van der Waals surface area contributed by atoms with Gasteiger partial charge in [0, 0.05) is 12.2 Å². The monoisotopic (exact) mass is 429 g/mol. The molecule has 0 fully saturated rings. The molecule has 0 bridgehead atoms. The van der Waals surface area contributed by atoms with E-state index in [0.717, 1.165) is 12.2 Å². The van der Waals surface area contributed by atoms with E-state index in [1.807, 2.05) is 0 Å². The highest BCUT2D eigenvalue weighted by atomic mass is 31.1. The van der Waals surface area contributed by atoms with Crippen molar-refractivity contribution in [3.05, 3.63) is 73.8 Å². The molecule has 0 radical (unpaired) electrons. The van der Waals surface area contributed by atoms with Crippen LogP contribution in [0, 0.1) is 0 Å². The van der Waals surface area contributed by atoms with Crippen molar-refractivity contribution in [2.45, 2.75) is 0 Å². The van der Waals surface area contributed by atoms with Crippen LogP contribution in [0.3, 0.4) is 0 Å². The predicted octanol–water partition coefficient (Wildman–Crippen LogP) is 2.68. The van der Waals surface area contributed by atoms with Gasteiger partial charge in [-0.2, -0.15) is 0 Å². The molecular formula is C22H22O7P+. The molecule has 7 nitrogen and oxygen atoms in total. The van der Waals surface area contributed by atoms with Gasteiger partial charge in [-0.05, 0) is 48.5 Å². The van der Waals surface area contributed by atoms with Gasteiger partial charge in [0.05, 0.1) is 0 Å². The van der Waals surface area contributed by atoms with Crippen LogP contribution in [-0.2, 0) is 23.6 Å². The van der Waals surface area contributed by atoms with Gasteiger partial charge in [0.1, 0.15) is 37.9 Å². The zero-order chi connectivity index (χ0) is 21.8. The summed E-state index contributed by atoms with van der Waals surface area (Å²) >= 11 is 0. The number of hydrogen-bond acceptors (Lipinski definition) is 7. The van der Waals surface area contributed by atoms with Gasteiger partial charge in [-0.15, -0.1) is 0 Å². The molecule has 30 heavy (non-hydrogen) atoms. The van der Waals surface area contributed by atoms with Gasteiger partial charge < -0.3 is 18.9 Å². The van der Waals surface area contributed by atoms with Crippen LogP contribution < -0.4 is 20.1 Å². The first kappa shape index (κ1) is 22.8. The Hall–Kier alpha value is -3.44. The van der Waals surface area contributed by atoms with Gasteiger partial charge in [-0.25, -0.2) is 9.59 Å². The summed E-state index contributed by atoms with van der Waals surface area (Å²) in [6.07, 6.45) is 2.18. The van der Waals surface area contributed by atoms with Crippen LogP contribution in [0.15, 0.2) is 73.8 Å². The Morgan fingerprint density at radius 2 is 1.07 bits per heavy atom. The average Bonchev–Trinajstić information content (AvgIpc) is 2.79. The second-order valence-corrected chi connectivity index (χ2v) is 7.34. The van der Waals surface area contributed by atoms with Crippen LogP contribution >= 0.6 is 7.80 Å². The van der Waals surface area contributed by atoms with E-state index in [2.05, 4.69) is 13.2 Å². The van der Waals surface area contributed by atoms with E-state index in [-0.39, 0.29) is 26.4 Å². The molecule has 156 valence electrons. The Bertz CT molecular complexity index is 815. The van der Waals surface area contributed by atoms with E-state index in [0.29, 0.717) is 22.1 Å². The third-order valence-electron chi connectivity index (χ3n) is 3.67. The van der Waals surface area contributed by atoms with Crippen LogP contribution in [0.25, 0.3) is 0 Å². The molecule has 2 rings (SSSR count).